The summed E-state index contributed by atoms with van der Waals surface area (Å²) in [6.45, 7) is 3.78. The Morgan fingerprint density at radius 2 is 1.64 bits per heavy atom. The number of imide groups is 1. The minimum absolute atomic E-state index is 0.0613. The zero-order valence-electron chi connectivity index (χ0n) is 46.9. The molecule has 3 saturated heterocycles. The van der Waals surface area contributed by atoms with Crippen LogP contribution in [0.25, 0.3) is 21.9 Å². The SMILES string of the molecule is COC(NC1CN(C(=O)C2CCC(CCc3ccc4c(c3)n(C)c(=O)n4C3CCC(=O)NC3=O)CC2)CC[C@H]2CC[C@@H](C(=O)N[C@@H](CCC(N)=O)C(=O)NCc3ccc(C(C)C)c(F)c3)N2C1=O)c1cc2cc(C(=O)P(=O)(O)O)ccc2[nH]1. The molecule has 2 aromatic heterocycles. The number of primary amides is 1. The van der Waals surface area contributed by atoms with Crippen molar-refractivity contribution in [3.05, 3.63) is 105 Å². The van der Waals surface area contributed by atoms with Gasteiger partial charge < -0.3 is 45.7 Å². The lowest BCUT2D eigenvalue weighted by Crippen LogP contribution is -2.62. The Morgan fingerprint density at radius 1 is 0.892 bits per heavy atom. The number of imidazole rings is 1. The number of ether oxygens (including phenoxy) is 1. The number of amides is 7. The standard InChI is InChI=1S/C58H72FN10O13P/c1-31(2)39-15-9-34(25-40(39)59)29-61-51(72)42(17-21-49(60)70)63-52(73)46-19-14-38-23-24-67(30-44(56(76)68(38)46)64-54(82-4)43-28-37-27-36(13-16-41(37)62-43)57(77)83(79,80)81)55(75)35-11-7-32(8-12-35)5-6-33-10-18-45-48(26-33)66(3)58(78)69(45)47-20-22-50(71)65-53(47)74/h9-10,13,15-16,18,25-28,31-32,35,38,42,44,46-47,54,62,64H,5-8,11-12,14,17,19-24,29-30H2,1-4H3,(H2,60,70)(H,61,72)(H,63,73)(H,65,71,74)(H2,79,80,81)/t32?,35?,38-,42+,44?,46+,47?,54?/m1/s1. The summed E-state index contributed by atoms with van der Waals surface area (Å²) in [5, 5.41) is 11.5. The van der Waals surface area contributed by atoms with E-state index in [4.69, 9.17) is 10.5 Å². The summed E-state index contributed by atoms with van der Waals surface area (Å²) in [7, 11) is -2.04. The van der Waals surface area contributed by atoms with Crippen LogP contribution in [0.2, 0.25) is 0 Å². The Hall–Kier alpha value is -7.37. The Bertz CT molecular complexity index is 3470. The second kappa shape index (κ2) is 25.2. The molecule has 4 fully saturated rings. The van der Waals surface area contributed by atoms with Gasteiger partial charge in [0.05, 0.1) is 16.7 Å². The van der Waals surface area contributed by atoms with Crippen LogP contribution >= 0.6 is 7.60 Å². The Kier molecular flexibility index (Phi) is 18.3. The normalized spacial score (nSPS) is 22.2. The van der Waals surface area contributed by atoms with Crippen molar-refractivity contribution >= 4 is 76.4 Å². The number of nitrogens with zero attached hydrogens (tertiary/aromatic N) is 4. The van der Waals surface area contributed by atoms with Crippen molar-refractivity contribution in [2.45, 2.75) is 146 Å². The zero-order chi connectivity index (χ0) is 59.6. The zero-order valence-corrected chi connectivity index (χ0v) is 47.8. The predicted molar refractivity (Wildman–Crippen MR) is 301 cm³/mol. The van der Waals surface area contributed by atoms with Crippen molar-refractivity contribution in [3.63, 3.8) is 0 Å². The first-order chi connectivity index (χ1) is 39.5. The molecular formula is C58H72FN10O13P. The maximum Gasteiger partial charge on any atom is 0.396 e. The van der Waals surface area contributed by atoms with Crippen LogP contribution in [0.4, 0.5) is 4.39 Å². The van der Waals surface area contributed by atoms with Gasteiger partial charge in [0, 0.05) is 75.1 Å². The molecule has 3 unspecified atom stereocenters. The number of carbonyl (C=O) groups is 8. The molecule has 3 aromatic carbocycles. The van der Waals surface area contributed by atoms with Gasteiger partial charge in [-0.2, -0.15) is 0 Å². The van der Waals surface area contributed by atoms with Crippen molar-refractivity contribution < 1.29 is 61.8 Å². The molecule has 6 atom stereocenters. The molecule has 23 nitrogen and oxygen atoms in total. The van der Waals surface area contributed by atoms with Gasteiger partial charge in [-0.1, -0.05) is 32.0 Å². The molecule has 0 bridgehead atoms. The molecule has 5 aromatic rings. The molecule has 5 heterocycles. The third-order valence-electron chi connectivity index (χ3n) is 17.0. The number of benzene rings is 3. The van der Waals surface area contributed by atoms with Crippen LogP contribution in [0.3, 0.4) is 0 Å². The number of rotatable bonds is 20. The van der Waals surface area contributed by atoms with Crippen LogP contribution in [0.1, 0.15) is 142 Å². The number of nitrogens with two attached hydrogens (primary N) is 1. The fourth-order valence-corrected chi connectivity index (χ4v) is 12.9. The summed E-state index contributed by atoms with van der Waals surface area (Å²) in [6, 6.07) is 11.3. The van der Waals surface area contributed by atoms with E-state index >= 15 is 4.79 Å². The van der Waals surface area contributed by atoms with Gasteiger partial charge in [-0.05, 0) is 142 Å². The number of halogens is 1. The average molecular weight is 1170 g/mol. The van der Waals surface area contributed by atoms with E-state index in [9.17, 15) is 57.1 Å². The fourth-order valence-electron chi connectivity index (χ4n) is 12.4. The first-order valence-electron chi connectivity index (χ1n) is 28.3. The van der Waals surface area contributed by atoms with E-state index in [0.29, 0.717) is 70.4 Å². The minimum atomic E-state index is -5.10. The summed E-state index contributed by atoms with van der Waals surface area (Å²) in [6.07, 6.45) is 4.20. The quantitative estimate of drug-likeness (QED) is 0.0310. The van der Waals surface area contributed by atoms with Crippen LogP contribution in [-0.2, 0) is 62.9 Å². The van der Waals surface area contributed by atoms with Crippen molar-refractivity contribution in [2.24, 2.45) is 24.6 Å². The summed E-state index contributed by atoms with van der Waals surface area (Å²) in [5.41, 5.74) is 7.75. The molecule has 1 aliphatic carbocycles. The van der Waals surface area contributed by atoms with Crippen molar-refractivity contribution in [3.8, 4) is 0 Å². The molecule has 3 aliphatic heterocycles. The van der Waals surface area contributed by atoms with Gasteiger partial charge in [-0.15, -0.1) is 0 Å². The molecule has 83 heavy (non-hydrogen) atoms. The highest BCUT2D eigenvalue weighted by molar-refractivity contribution is 7.70. The van der Waals surface area contributed by atoms with E-state index in [0.717, 1.165) is 31.2 Å². The summed E-state index contributed by atoms with van der Waals surface area (Å²) in [4.78, 5) is 146. The molecule has 9 rings (SSSR count). The summed E-state index contributed by atoms with van der Waals surface area (Å²) >= 11 is 0. The predicted octanol–water partition coefficient (Wildman–Crippen LogP) is 4.08. The second-order valence-corrected chi connectivity index (χ2v) is 24.3. The van der Waals surface area contributed by atoms with Crippen LogP contribution in [-0.4, -0.2) is 125 Å². The molecule has 7 amide bonds. The number of aromatic nitrogens is 3. The number of methoxy groups -OCH3 is 1. The van der Waals surface area contributed by atoms with Crippen LogP contribution < -0.4 is 32.7 Å². The molecule has 9 N–H and O–H groups in total. The third-order valence-corrected chi connectivity index (χ3v) is 17.8. The number of hydrogen-bond donors (Lipinski definition) is 8. The maximum atomic E-state index is 15.3. The summed E-state index contributed by atoms with van der Waals surface area (Å²) < 4.78 is 35.6. The minimum Gasteiger partial charge on any atom is -0.370 e. The van der Waals surface area contributed by atoms with E-state index in [1.54, 1.807) is 30.1 Å². The van der Waals surface area contributed by atoms with Gasteiger partial charge in [-0.3, -0.25) is 62.7 Å². The number of carbonyl (C=O) groups excluding carboxylic acids is 8. The average Bonchev–Trinajstić information content (AvgIpc) is 4.18. The van der Waals surface area contributed by atoms with Gasteiger partial charge >= 0.3 is 13.3 Å². The van der Waals surface area contributed by atoms with Gasteiger partial charge in [-0.25, -0.2) is 9.18 Å². The molecule has 1 saturated carbocycles. The fraction of sp³-hybridized carbons (Fsp3) is 0.500. The van der Waals surface area contributed by atoms with Crippen LogP contribution in [0.15, 0.2) is 65.5 Å². The van der Waals surface area contributed by atoms with Gasteiger partial charge in [0.15, 0.2) is 0 Å². The van der Waals surface area contributed by atoms with Gasteiger partial charge in [0.25, 0.3) is 5.52 Å². The highest BCUT2D eigenvalue weighted by Gasteiger charge is 2.47. The topological polar surface area (TPSA) is 327 Å². The molecule has 0 spiro atoms. The van der Waals surface area contributed by atoms with Crippen molar-refractivity contribution in [1.82, 2.24) is 45.2 Å². The molecule has 0 radical (unpaired) electrons. The first-order valence-corrected chi connectivity index (χ1v) is 29.9. The maximum absolute atomic E-state index is 15.3. The highest BCUT2D eigenvalue weighted by Crippen LogP contribution is 2.40. The van der Waals surface area contributed by atoms with Crippen molar-refractivity contribution in [1.29, 1.82) is 0 Å². The van der Waals surface area contributed by atoms with Crippen LogP contribution in [0.5, 0.6) is 0 Å². The number of aryl methyl sites for hydroxylation is 2. The Labute approximate surface area is 477 Å². The number of nitrogens with one attached hydrogen (secondary N) is 5. The Balaban J connectivity index is 0.903. The number of hydrogen-bond acceptors (Lipinski definition) is 12. The van der Waals surface area contributed by atoms with E-state index < -0.39 is 84.9 Å². The highest BCUT2D eigenvalue weighted by atomic mass is 31.2. The van der Waals surface area contributed by atoms with E-state index in [-0.39, 0.29) is 86.6 Å². The second-order valence-electron chi connectivity index (χ2n) is 22.8. The van der Waals surface area contributed by atoms with Crippen molar-refractivity contribution in [2.75, 3.05) is 20.2 Å². The number of H-pyrrole nitrogens is 1. The summed E-state index contributed by atoms with van der Waals surface area (Å²) in [5.74, 6) is -3.99. The van der Waals surface area contributed by atoms with Gasteiger partial charge in [0.2, 0.25) is 41.4 Å². The lowest BCUT2D eigenvalue weighted by Gasteiger charge is -2.41. The number of aromatic amines is 1. The largest absolute Gasteiger partial charge is 0.396 e. The van der Waals surface area contributed by atoms with E-state index in [2.05, 4.69) is 26.3 Å². The third kappa shape index (κ3) is 13.4. The monoisotopic (exact) mass is 1170 g/mol. The molecule has 25 heteroatoms. The lowest BCUT2D eigenvalue weighted by atomic mass is 9.79. The van der Waals surface area contributed by atoms with E-state index in [1.807, 2.05) is 32.0 Å². The molecule has 4 aliphatic rings. The van der Waals surface area contributed by atoms with Gasteiger partial charge in [0.1, 0.15) is 36.2 Å². The lowest BCUT2D eigenvalue weighted by molar-refractivity contribution is -0.148. The number of fused-ring (bicyclic) bond motifs is 3. The Morgan fingerprint density at radius 3 is 2.33 bits per heavy atom. The van der Waals surface area contributed by atoms with E-state index in [1.165, 1.54) is 45.4 Å². The van der Waals surface area contributed by atoms with Crippen LogP contribution in [0, 0.1) is 17.7 Å². The molecular weight excluding hydrogens is 1090 g/mol. The molecule has 444 valence electrons. The smallest absolute Gasteiger partial charge is 0.370 e. The number of piperidine rings is 1. The first kappa shape index (κ1) is 60.2.